The summed E-state index contributed by atoms with van der Waals surface area (Å²) >= 11 is -4.52. The summed E-state index contributed by atoms with van der Waals surface area (Å²) < 4.78 is 11.3. The van der Waals surface area contributed by atoms with Gasteiger partial charge in [0, 0.05) is 0 Å². The first-order valence-electron chi connectivity index (χ1n) is 15.7. The van der Waals surface area contributed by atoms with Crippen molar-refractivity contribution in [1.29, 1.82) is 0 Å². The fourth-order valence-corrected chi connectivity index (χ4v) is 22.0. The largest absolute Gasteiger partial charge is 0.412 e. The summed E-state index contributed by atoms with van der Waals surface area (Å²) in [6.45, 7) is 29.1. The van der Waals surface area contributed by atoms with Crippen LogP contribution >= 0.6 is 0 Å². The molecule has 3 aromatic rings. The van der Waals surface area contributed by atoms with E-state index in [2.05, 4.69) is 138 Å². The Morgan fingerprint density at radius 2 is 0.667 bits per heavy atom. The Balaban J connectivity index is 0.00000616. The van der Waals surface area contributed by atoms with Crippen molar-refractivity contribution in [3.63, 3.8) is 0 Å². The molecule has 0 aromatic heterocycles. The predicted molar refractivity (Wildman–Crippen MR) is 184 cm³/mol. The maximum atomic E-state index is 13.7. The SMILES string of the molecule is CC(=O)[O][Sb]([c]1c(C(C)C)cccc1C(C)C)([c]1c(C(C)C)cccc1C(C)C)[c]1c(C(C)C)cccc1C(C)C.O. The molecule has 231 valence electrons. The molecule has 0 aliphatic rings. The molecule has 2 N–H and O–H groups in total. The zero-order valence-corrected chi connectivity index (χ0v) is 31.0. The Hall–Kier alpha value is -2.09. The molecular weight excluding hydrogens is 626 g/mol. The van der Waals surface area contributed by atoms with E-state index in [1.807, 2.05) is 0 Å². The van der Waals surface area contributed by atoms with Gasteiger partial charge in [0.15, 0.2) is 0 Å². The number of hydrogen-bond donors (Lipinski definition) is 0. The van der Waals surface area contributed by atoms with Crippen LogP contribution in [-0.2, 0) is 7.81 Å². The zero-order valence-electron chi connectivity index (χ0n) is 28.4. The molecule has 3 aromatic carbocycles. The summed E-state index contributed by atoms with van der Waals surface area (Å²) in [5, 5.41) is 0. The minimum atomic E-state index is -4.52. The molecule has 0 spiro atoms. The van der Waals surface area contributed by atoms with Crippen molar-refractivity contribution >= 4 is 35.7 Å². The quantitative estimate of drug-likeness (QED) is 0.203. The molecule has 0 heterocycles. The number of rotatable bonds is 10. The van der Waals surface area contributed by atoms with Crippen LogP contribution in [0.1, 0.15) is 159 Å². The summed E-state index contributed by atoms with van der Waals surface area (Å²) in [6.07, 6.45) is 0. The molecule has 4 heteroatoms. The van der Waals surface area contributed by atoms with E-state index in [-0.39, 0.29) is 47.0 Å². The summed E-state index contributed by atoms with van der Waals surface area (Å²) in [5.74, 6) is 1.55. The van der Waals surface area contributed by atoms with Crippen LogP contribution in [0.25, 0.3) is 0 Å². The standard InChI is InChI=1S/3C12H17.C2H4O2.H2O.Sb/c3*1-9(2)11-6-5-7-12(8-11)10(3)4;1-2(3)4;;/h3*5-7,9-10H,1-4H3;1H3,(H,3,4);1H2;/q;;;;;+1/p-1. The topological polar surface area (TPSA) is 57.8 Å². The molecule has 0 atom stereocenters. The third-order valence-electron chi connectivity index (χ3n) is 8.24. The van der Waals surface area contributed by atoms with Crippen molar-refractivity contribution in [1.82, 2.24) is 0 Å². The van der Waals surface area contributed by atoms with Gasteiger partial charge in [-0.3, -0.25) is 0 Å². The van der Waals surface area contributed by atoms with E-state index < -0.39 is 19.2 Å². The van der Waals surface area contributed by atoms with Crippen molar-refractivity contribution < 1.29 is 13.3 Å². The summed E-state index contributed by atoms with van der Waals surface area (Å²) in [7, 11) is 0. The van der Waals surface area contributed by atoms with Gasteiger partial charge >= 0.3 is 257 Å². The molecule has 0 fully saturated rings. The van der Waals surface area contributed by atoms with Crippen LogP contribution in [-0.4, -0.2) is 30.7 Å². The first-order chi connectivity index (χ1) is 19.2. The third kappa shape index (κ3) is 6.84. The van der Waals surface area contributed by atoms with E-state index in [0.29, 0.717) is 0 Å². The van der Waals surface area contributed by atoms with Crippen LogP contribution in [0.2, 0.25) is 0 Å². The molecular formula is C38H56O3Sb. The fraction of sp³-hybridized carbons (Fsp3) is 0.500. The average Bonchev–Trinajstić information content (AvgIpc) is 2.90. The second kappa shape index (κ2) is 14.6. The second-order valence-corrected chi connectivity index (χ2v) is 21.3. The van der Waals surface area contributed by atoms with Crippen LogP contribution in [0.15, 0.2) is 54.6 Å². The van der Waals surface area contributed by atoms with Crippen LogP contribution in [0.4, 0.5) is 0 Å². The van der Waals surface area contributed by atoms with Crippen molar-refractivity contribution in [2.45, 2.75) is 126 Å². The predicted octanol–water partition coefficient (Wildman–Crippen LogP) is 8.13. The van der Waals surface area contributed by atoms with Crippen LogP contribution < -0.4 is 10.5 Å². The van der Waals surface area contributed by atoms with E-state index in [0.717, 1.165) is 0 Å². The van der Waals surface area contributed by atoms with Gasteiger partial charge in [-0.25, -0.2) is 0 Å². The normalized spacial score (nSPS) is 12.2. The van der Waals surface area contributed by atoms with Crippen LogP contribution in [0, 0.1) is 0 Å². The van der Waals surface area contributed by atoms with E-state index in [1.54, 1.807) is 6.92 Å². The van der Waals surface area contributed by atoms with Gasteiger partial charge in [-0.05, 0) is 0 Å². The molecule has 0 saturated heterocycles. The number of hydrogen-bond acceptors (Lipinski definition) is 2. The first-order valence-corrected chi connectivity index (χ1v) is 20.5. The molecule has 0 aliphatic carbocycles. The van der Waals surface area contributed by atoms with Gasteiger partial charge in [0.25, 0.3) is 0 Å². The number of carbonyl (C=O) groups is 1. The molecule has 0 amide bonds. The van der Waals surface area contributed by atoms with Gasteiger partial charge in [-0.2, -0.15) is 0 Å². The van der Waals surface area contributed by atoms with E-state index in [1.165, 1.54) is 43.9 Å². The van der Waals surface area contributed by atoms with Gasteiger partial charge in [0.05, 0.1) is 0 Å². The average molecular weight is 683 g/mol. The molecule has 42 heavy (non-hydrogen) atoms. The third-order valence-corrected chi connectivity index (χ3v) is 19.6. The molecule has 3 rings (SSSR count). The van der Waals surface area contributed by atoms with Gasteiger partial charge in [0.1, 0.15) is 0 Å². The molecule has 3 nitrogen and oxygen atoms in total. The molecule has 0 bridgehead atoms. The summed E-state index contributed by atoms with van der Waals surface area (Å²) in [5.41, 5.74) is 7.94. The Labute approximate surface area is 261 Å². The maximum Gasteiger partial charge on any atom is -0.412 e. The van der Waals surface area contributed by atoms with Crippen LogP contribution in [0.5, 0.6) is 0 Å². The van der Waals surface area contributed by atoms with Gasteiger partial charge in [-0.1, -0.05) is 0 Å². The zero-order chi connectivity index (χ0) is 30.8. The summed E-state index contributed by atoms with van der Waals surface area (Å²) in [6, 6.07) is 20.5. The van der Waals surface area contributed by atoms with Crippen molar-refractivity contribution in [2.24, 2.45) is 0 Å². The second-order valence-electron chi connectivity index (χ2n) is 13.5. The first kappa shape index (κ1) is 36.1. The van der Waals surface area contributed by atoms with Crippen molar-refractivity contribution in [2.75, 3.05) is 0 Å². The minimum Gasteiger partial charge on any atom is -0.412 e. The summed E-state index contributed by atoms with van der Waals surface area (Å²) in [4.78, 5) is 13.7. The molecule has 0 unspecified atom stereocenters. The molecule has 0 saturated carbocycles. The minimum absolute atomic E-state index is 0. The van der Waals surface area contributed by atoms with Crippen molar-refractivity contribution in [3.8, 4) is 0 Å². The monoisotopic (exact) mass is 681 g/mol. The Bertz CT molecular complexity index is 1130. The Kier molecular flexibility index (Phi) is 12.5. The van der Waals surface area contributed by atoms with Gasteiger partial charge in [0.2, 0.25) is 0 Å². The Morgan fingerprint density at radius 1 is 0.476 bits per heavy atom. The van der Waals surface area contributed by atoms with Gasteiger partial charge < -0.3 is 5.48 Å². The molecule has 0 aliphatic heterocycles. The van der Waals surface area contributed by atoms with Gasteiger partial charge in [-0.15, -0.1) is 0 Å². The molecule has 1 radical (unpaired) electrons. The van der Waals surface area contributed by atoms with E-state index in [4.69, 9.17) is 3.02 Å². The van der Waals surface area contributed by atoms with E-state index in [9.17, 15) is 4.79 Å². The number of benzene rings is 3. The van der Waals surface area contributed by atoms with E-state index >= 15 is 0 Å². The Morgan fingerprint density at radius 3 is 0.810 bits per heavy atom. The van der Waals surface area contributed by atoms with Crippen molar-refractivity contribution in [3.05, 3.63) is 88.0 Å². The number of carbonyl (C=O) groups excluding carboxylic acids is 1. The smallest absolute Gasteiger partial charge is 0.412 e. The maximum absolute atomic E-state index is 13.7. The van der Waals surface area contributed by atoms with Crippen LogP contribution in [0.3, 0.4) is 0 Å². The fourth-order valence-electron chi connectivity index (χ4n) is 6.29.